The third-order valence-electron chi connectivity index (χ3n) is 6.13. The summed E-state index contributed by atoms with van der Waals surface area (Å²) in [5.74, 6) is -0.320. The summed E-state index contributed by atoms with van der Waals surface area (Å²) in [6.45, 7) is 2.48. The van der Waals surface area contributed by atoms with E-state index in [1.807, 2.05) is 19.1 Å². The summed E-state index contributed by atoms with van der Waals surface area (Å²) < 4.78 is 22.2. The van der Waals surface area contributed by atoms with Gasteiger partial charge in [-0.3, -0.25) is 4.99 Å². The number of aliphatic imine (C=N–C) groups is 1. The molecule has 1 aromatic heterocycles. The number of ether oxygens (including phenoxy) is 4. The maximum Gasteiger partial charge on any atom is 0.328 e. The second kappa shape index (κ2) is 12.9. The molecule has 3 N–H and O–H groups in total. The Morgan fingerprint density at radius 1 is 0.947 bits per heavy atom. The highest BCUT2D eigenvalue weighted by Gasteiger charge is 2.38. The molecular formula is C26H31N3O9. The van der Waals surface area contributed by atoms with Gasteiger partial charge in [0.2, 0.25) is 11.8 Å². The summed E-state index contributed by atoms with van der Waals surface area (Å²) in [5.41, 5.74) is 3.47. The molecule has 1 fully saturated rings. The van der Waals surface area contributed by atoms with Crippen LogP contribution in [0.5, 0.6) is 23.3 Å². The average molecular weight is 530 g/mol. The number of aliphatic carboxylic acids is 2. The summed E-state index contributed by atoms with van der Waals surface area (Å²) in [7, 11) is 4.73. The SMILES string of the molecule is CCOc1cc2c(cc1OC)C(c1cc(OC)nnc1OC)=N[C@@H]1CC[C@@H](O)C[C@H]21.O=C(O)/C=C/C(=O)O. The maximum atomic E-state index is 10.3. The zero-order valence-corrected chi connectivity index (χ0v) is 21.6. The van der Waals surface area contributed by atoms with Gasteiger partial charge < -0.3 is 34.3 Å². The van der Waals surface area contributed by atoms with Crippen LogP contribution in [-0.4, -0.2) is 83.2 Å². The molecule has 2 aromatic rings. The summed E-state index contributed by atoms with van der Waals surface area (Å²) in [4.78, 5) is 24.2. The van der Waals surface area contributed by atoms with Gasteiger partial charge in [-0.25, -0.2) is 9.59 Å². The van der Waals surface area contributed by atoms with Crippen molar-refractivity contribution < 1.29 is 43.9 Å². The van der Waals surface area contributed by atoms with Crippen LogP contribution >= 0.6 is 0 Å². The monoisotopic (exact) mass is 529 g/mol. The number of hydrogen-bond acceptors (Lipinski definition) is 10. The van der Waals surface area contributed by atoms with Gasteiger partial charge in [-0.05, 0) is 43.9 Å². The van der Waals surface area contributed by atoms with E-state index in [1.165, 1.54) is 0 Å². The molecule has 2 aliphatic rings. The molecule has 38 heavy (non-hydrogen) atoms. The van der Waals surface area contributed by atoms with Crippen LogP contribution in [0.15, 0.2) is 35.3 Å². The molecular weight excluding hydrogens is 498 g/mol. The van der Waals surface area contributed by atoms with Gasteiger partial charge in [0.1, 0.15) is 0 Å². The number of nitrogens with zero attached hydrogens (tertiary/aromatic N) is 3. The van der Waals surface area contributed by atoms with Gasteiger partial charge in [0.25, 0.3) is 0 Å². The van der Waals surface area contributed by atoms with Crippen molar-refractivity contribution in [3.05, 3.63) is 47.0 Å². The number of aliphatic hydroxyl groups excluding tert-OH is 1. The fourth-order valence-electron chi connectivity index (χ4n) is 4.51. The molecule has 1 aliphatic carbocycles. The molecule has 0 bridgehead atoms. The van der Waals surface area contributed by atoms with Crippen LogP contribution in [0.2, 0.25) is 0 Å². The number of rotatable bonds is 8. The number of carboxylic acid groups (broad SMARTS) is 2. The molecule has 0 unspecified atom stereocenters. The Bertz CT molecular complexity index is 1210. The smallest absolute Gasteiger partial charge is 0.328 e. The van der Waals surface area contributed by atoms with E-state index in [4.69, 9.17) is 34.2 Å². The van der Waals surface area contributed by atoms with Gasteiger partial charge in [0.05, 0.1) is 51.4 Å². The van der Waals surface area contributed by atoms with Crippen molar-refractivity contribution >= 4 is 17.7 Å². The highest BCUT2D eigenvalue weighted by molar-refractivity contribution is 6.16. The highest BCUT2D eigenvalue weighted by atomic mass is 16.5. The summed E-state index contributed by atoms with van der Waals surface area (Å²) in [6.07, 6.45) is 3.00. The quantitative estimate of drug-likeness (QED) is 0.429. The lowest BCUT2D eigenvalue weighted by Gasteiger charge is -2.37. The van der Waals surface area contributed by atoms with Crippen LogP contribution in [0.4, 0.5) is 0 Å². The van der Waals surface area contributed by atoms with Gasteiger partial charge in [0, 0.05) is 29.7 Å². The molecule has 204 valence electrons. The third kappa shape index (κ3) is 6.57. The van der Waals surface area contributed by atoms with Crippen LogP contribution in [0, 0.1) is 0 Å². The van der Waals surface area contributed by atoms with Crippen molar-refractivity contribution in [3.8, 4) is 23.3 Å². The molecule has 2 heterocycles. The second-order valence-electron chi connectivity index (χ2n) is 8.46. The number of aliphatic hydroxyl groups is 1. The van der Waals surface area contributed by atoms with Crippen LogP contribution in [0.25, 0.3) is 0 Å². The number of fused-ring (bicyclic) bond motifs is 3. The molecule has 0 amide bonds. The van der Waals surface area contributed by atoms with E-state index in [1.54, 1.807) is 27.4 Å². The van der Waals surface area contributed by atoms with E-state index < -0.39 is 11.9 Å². The Kier molecular flexibility index (Phi) is 9.61. The molecule has 0 spiro atoms. The first-order valence-corrected chi connectivity index (χ1v) is 11.9. The first-order valence-electron chi connectivity index (χ1n) is 11.9. The lowest BCUT2D eigenvalue weighted by molar-refractivity contribution is -0.134. The molecule has 0 saturated heterocycles. The number of carbonyl (C=O) groups is 2. The third-order valence-corrected chi connectivity index (χ3v) is 6.13. The number of aromatic nitrogens is 2. The fourth-order valence-corrected chi connectivity index (χ4v) is 4.51. The van der Waals surface area contributed by atoms with Crippen molar-refractivity contribution in [2.24, 2.45) is 4.99 Å². The van der Waals surface area contributed by atoms with Crippen LogP contribution in [-0.2, 0) is 9.59 Å². The normalized spacial score (nSPS) is 19.7. The van der Waals surface area contributed by atoms with Crippen molar-refractivity contribution in [1.29, 1.82) is 0 Å². The Morgan fingerprint density at radius 2 is 1.66 bits per heavy atom. The van der Waals surface area contributed by atoms with Crippen molar-refractivity contribution in [2.45, 2.75) is 44.2 Å². The lowest BCUT2D eigenvalue weighted by atomic mass is 9.74. The van der Waals surface area contributed by atoms with Crippen molar-refractivity contribution in [1.82, 2.24) is 10.2 Å². The van der Waals surface area contributed by atoms with Gasteiger partial charge in [-0.15, -0.1) is 10.2 Å². The summed E-state index contributed by atoms with van der Waals surface area (Å²) in [5, 5.41) is 34.1. The van der Waals surface area contributed by atoms with Crippen LogP contribution in [0.1, 0.15) is 48.8 Å². The Labute approximate surface area is 219 Å². The Balaban J connectivity index is 0.000000436. The Hall–Kier alpha value is -4.19. The van der Waals surface area contributed by atoms with Gasteiger partial charge >= 0.3 is 11.9 Å². The highest BCUT2D eigenvalue weighted by Crippen LogP contribution is 2.45. The molecule has 1 aliphatic heterocycles. The zero-order chi connectivity index (χ0) is 27.8. The predicted molar refractivity (Wildman–Crippen MR) is 136 cm³/mol. The fraction of sp³-hybridized carbons (Fsp3) is 0.423. The van der Waals surface area contributed by atoms with E-state index in [0.29, 0.717) is 54.0 Å². The molecule has 4 rings (SSSR count). The number of methoxy groups -OCH3 is 3. The molecule has 12 heteroatoms. The first kappa shape index (κ1) is 28.4. The molecule has 1 saturated carbocycles. The molecule has 3 atom stereocenters. The zero-order valence-electron chi connectivity index (χ0n) is 21.6. The van der Waals surface area contributed by atoms with Crippen molar-refractivity contribution in [2.75, 3.05) is 27.9 Å². The van der Waals surface area contributed by atoms with E-state index in [9.17, 15) is 14.7 Å². The number of benzene rings is 1. The first-order chi connectivity index (χ1) is 18.2. The van der Waals surface area contributed by atoms with Gasteiger partial charge in [0.15, 0.2) is 11.5 Å². The van der Waals surface area contributed by atoms with Crippen LogP contribution < -0.4 is 18.9 Å². The molecule has 12 nitrogen and oxygen atoms in total. The van der Waals surface area contributed by atoms with E-state index in [0.717, 1.165) is 29.7 Å². The standard InChI is InChI=1S/C22H27N3O5.C4H4O4/c1-5-30-19-9-13-14-8-12(26)6-7-17(14)23-21(15(13)10-18(19)27-2)16-11-20(28-3)24-25-22(16)29-4;5-3(6)1-2-4(7)8/h9-12,14,17,26H,5-8H2,1-4H3;1-2H,(H,5,6)(H,7,8)/b;2-1+/t12-,14-,17-;/m1./s1. The molecule has 1 aromatic carbocycles. The minimum Gasteiger partial charge on any atom is -0.493 e. The average Bonchev–Trinajstić information content (AvgIpc) is 2.91. The van der Waals surface area contributed by atoms with E-state index in [2.05, 4.69) is 10.2 Å². The second-order valence-corrected chi connectivity index (χ2v) is 8.46. The summed E-state index contributed by atoms with van der Waals surface area (Å²) in [6, 6.07) is 5.82. The number of hydrogen-bond donors (Lipinski definition) is 3. The van der Waals surface area contributed by atoms with E-state index in [-0.39, 0.29) is 18.1 Å². The molecule has 0 radical (unpaired) electrons. The predicted octanol–water partition coefficient (Wildman–Crippen LogP) is 2.46. The maximum absolute atomic E-state index is 10.3. The minimum absolute atomic E-state index is 0.0580. The topological polar surface area (TPSA) is 170 Å². The van der Waals surface area contributed by atoms with Gasteiger partial charge in [-0.2, -0.15) is 0 Å². The minimum atomic E-state index is -1.26. The summed E-state index contributed by atoms with van der Waals surface area (Å²) >= 11 is 0. The largest absolute Gasteiger partial charge is 0.493 e. The Morgan fingerprint density at radius 3 is 2.24 bits per heavy atom. The number of carboxylic acids is 2. The van der Waals surface area contributed by atoms with Crippen molar-refractivity contribution in [3.63, 3.8) is 0 Å². The van der Waals surface area contributed by atoms with Crippen LogP contribution in [0.3, 0.4) is 0 Å². The van der Waals surface area contributed by atoms with E-state index >= 15 is 0 Å². The lowest BCUT2D eigenvalue weighted by Crippen LogP contribution is -2.34. The van der Waals surface area contributed by atoms with Gasteiger partial charge in [-0.1, -0.05) is 0 Å².